The van der Waals surface area contributed by atoms with Gasteiger partial charge < -0.3 is 22.8 Å². The van der Waals surface area contributed by atoms with E-state index in [0.717, 1.165) is 27.4 Å². The Morgan fingerprint density at radius 1 is 0.136 bits per heavy atom. The number of hydrogen-bond acceptors (Lipinski definition) is 4. The minimum atomic E-state index is -1.21. The number of aromatic nitrogens is 13. The summed E-state index contributed by atoms with van der Waals surface area (Å²) in [5.74, 6) is -4.96. The lowest BCUT2D eigenvalue weighted by Gasteiger charge is -2.17. The molecule has 32 rings (SSSR count). The molecule has 0 aliphatic heterocycles. The molecule has 147 heavy (non-hydrogen) atoms. The first kappa shape index (κ1) is 34.7. The van der Waals surface area contributed by atoms with Gasteiger partial charge in [-0.05, 0) is 169 Å². The maximum atomic E-state index is 10.3. The standard InChI is InChI=1S/C47H30N4.C45H28N6.C42H27N3/c1-8-22-39(49-40-23-9-2-16-33(40)34-17-3-10-24-41(34)49)32(15-1)31-29-46(50-42-25-11-4-18-35(42)36-19-5-12-26-43(36)50)48-47(30-31)51-44-27-13-6-20-37(44)38-21-7-14-28-45(38)51;1-8-22-36-29(15-1)30-16-2-9-23-37(30)49(36)42-28-14-7-21-35(42)43-46-44(50-38-24-10-3-17-31(38)32-18-4-11-25-39(32)50)48-45(47-43)51-40-26-12-5-19-33(40)34-20-6-13-27-41(34)51;1-6-18-35-29(13-1)30-14-2-7-19-36(30)43(35)28-25-26-40-34(27-28)33-17-5-10-22-39(33)45(40)42-24-12-11-23-41(42)44-37-20-8-3-15-31(37)32-16-4-9-21-38(32)44/h1-30H;1-28H;1-27H/i1D,2D,3D,4D,5D,6D,7D,8D,9D,10D,11D,12D,13D,14D,15D,16D,17D,18D,19D,20D,21D,22D,23D,24D,25D,26D,27D,28D,29D,30D;1D,2D,3D,4D,5D,6D,7D,8D,9D,10D,11D,12D,13D,14D,15D,16D,17D,18D,19D,20D,21D,22D,23D,24D,25D,26D,27D,28D;1D,2D,3D,4D,5D,6D,7D,8D,9D,10D,11D,12D,13D,14D,15D,16D,17D,18D,19D,20D,21D,22D,23D,24D,25D,26D,27D. The molecule has 32 aromatic rings. The first-order valence-corrected chi connectivity index (χ1v) is 43.1. The van der Waals surface area contributed by atoms with Crippen LogP contribution in [0.4, 0.5) is 0 Å². The van der Waals surface area contributed by atoms with Crippen LogP contribution in [0.15, 0.2) is 514 Å². The normalized spacial score (nSPS) is 20.0. The van der Waals surface area contributed by atoms with E-state index in [9.17, 15) is 34.3 Å². The maximum absolute atomic E-state index is 10.3. The molecule has 0 saturated heterocycles. The summed E-state index contributed by atoms with van der Waals surface area (Å²) in [7, 11) is 0. The molecule has 0 fully saturated rings. The molecule has 0 saturated carbocycles. The SMILES string of the molecule is [2H]c1c([2H])c([2H])c(-n2c3c([2H])c([2H])c([2H])c([2H])c3c3c([2H])c(-n4c5c([2H])c([2H])c([2H])c([2H])c5c5c([2H])c([2H])c([2H])c([2H])c54)c([2H])c([2H])c32)c(-n2c3c([2H])c([2H])c([2H])c([2H])c3c3c([2H])c([2H])c([2H])c([2H])c32)c1[2H].[2H]c1c([2H])c([2H])c(-n2c3c([2H])c([2H])c([2H])c([2H])c3c3c([2H])c([2H])c([2H])c([2H])c32)c(-c2c([2H])c(-n3c4c([2H])c([2H])c([2H])c([2H])c4c4c([2H])c([2H])c([2H])c([2H])c43)nc(-n3c4c([2H])c([2H])c([2H])c([2H])c4c4c([2H])c([2H])c([2H])c([2H])c43)c2[2H])c1[2H].[2H]c1c([2H])c([2H])c(-n2c3c([2H])c([2H])c([2H])c([2H])c3c3c([2H])c([2H])c([2H])c([2H])c32)c(-c2nc(-n3c4c([2H])c([2H])c([2H])c([2H])c4c4c([2H])c([2H])c([2H])c([2H])c43)nc(-n3c4c([2H])c([2H])c([2H])c([2H])c4c4c([2H])c([2H])c([2H])c([2H])c43)n2)c1[2H]. The number of pyridine rings is 1. The molecule has 0 radical (unpaired) electrons. The van der Waals surface area contributed by atoms with E-state index in [0.29, 0.717) is 13.7 Å². The van der Waals surface area contributed by atoms with Crippen molar-refractivity contribution in [2.24, 2.45) is 0 Å². The average molecular weight is 1960 g/mol. The summed E-state index contributed by atoms with van der Waals surface area (Å²) < 4.78 is 773. The van der Waals surface area contributed by atoms with E-state index >= 15 is 0 Å². The van der Waals surface area contributed by atoms with Crippen LogP contribution in [0.2, 0.25) is 0 Å². The van der Waals surface area contributed by atoms with Crippen molar-refractivity contribution in [3.05, 3.63) is 514 Å². The molecule has 0 N–H and O–H groups in total. The Balaban J connectivity index is 0.000000142. The highest BCUT2D eigenvalue weighted by molar-refractivity contribution is 6.18. The molecule has 686 valence electrons. The van der Waals surface area contributed by atoms with Crippen molar-refractivity contribution in [3.8, 4) is 74.5 Å². The van der Waals surface area contributed by atoms with Gasteiger partial charge in [0.15, 0.2) is 5.82 Å². The zero-order valence-corrected chi connectivity index (χ0v) is 72.8. The van der Waals surface area contributed by atoms with Crippen LogP contribution in [-0.2, 0) is 0 Å². The minimum Gasteiger partial charge on any atom is -0.309 e. The van der Waals surface area contributed by atoms with Gasteiger partial charge in [-0.2, -0.15) is 15.0 Å². The molecule has 0 amide bonds. The van der Waals surface area contributed by atoms with Crippen molar-refractivity contribution in [1.29, 1.82) is 0 Å². The van der Waals surface area contributed by atoms with E-state index in [4.69, 9.17) is 82.2 Å². The molecule has 0 aliphatic rings. The number of hydrogen-bond donors (Lipinski definition) is 0. The monoisotopic (exact) mass is 1960 g/mol. The smallest absolute Gasteiger partial charge is 0.240 e. The zero-order chi connectivity index (χ0) is 170. The Bertz CT molecular complexity index is 15700. The van der Waals surface area contributed by atoms with Gasteiger partial charge in [0.1, 0.15) is 11.6 Å². The number of rotatable bonds is 11. The highest BCUT2D eigenvalue weighted by Crippen LogP contribution is 2.47. The lowest BCUT2D eigenvalue weighted by atomic mass is 10.0. The van der Waals surface area contributed by atoms with E-state index in [1.807, 2.05) is 0 Å². The van der Waals surface area contributed by atoms with Crippen LogP contribution in [0.5, 0.6) is 0 Å². The number of benzene rings is 21. The summed E-state index contributed by atoms with van der Waals surface area (Å²) in [6.07, 6.45) is 0. The summed E-state index contributed by atoms with van der Waals surface area (Å²) in [5, 5.41) is -9.92. The van der Waals surface area contributed by atoms with Crippen molar-refractivity contribution < 1.29 is 117 Å². The van der Waals surface area contributed by atoms with Gasteiger partial charge >= 0.3 is 0 Å². The third-order valence-electron chi connectivity index (χ3n) is 24.1. The van der Waals surface area contributed by atoms with Crippen LogP contribution < -0.4 is 0 Å². The molecular formula is C134H85N13. The van der Waals surface area contributed by atoms with Crippen molar-refractivity contribution in [1.82, 2.24) is 61.0 Å². The predicted octanol–water partition coefficient (Wildman–Crippen LogP) is 33.8. The molecule has 11 aromatic heterocycles. The molecular weight excluding hydrogens is 1790 g/mol. The predicted molar refractivity (Wildman–Crippen MR) is 610 cm³/mol. The Hall–Kier alpha value is -20.0. The number of fused-ring (bicyclic) bond motifs is 27. The first-order chi connectivity index (χ1) is 108. The van der Waals surface area contributed by atoms with Gasteiger partial charge in [-0.25, -0.2) is 4.98 Å². The Labute approximate surface area is 961 Å². The number of para-hydroxylation sites is 21. The zero-order valence-electron chi connectivity index (χ0n) is 158. The van der Waals surface area contributed by atoms with Gasteiger partial charge in [0, 0.05) is 114 Å². The van der Waals surface area contributed by atoms with Gasteiger partial charge in [-0.3, -0.25) is 18.3 Å². The fourth-order valence-electron chi connectivity index (χ4n) is 18.3. The Kier molecular flexibility index (Phi) is 7.87. The summed E-state index contributed by atoms with van der Waals surface area (Å²) in [6.45, 7) is 0. The quantitative estimate of drug-likeness (QED) is 0.129. The molecule has 0 bridgehead atoms. The second-order valence-electron chi connectivity index (χ2n) is 31.6. The Morgan fingerprint density at radius 3 is 0.599 bits per heavy atom. The van der Waals surface area contributed by atoms with Gasteiger partial charge in [-0.1, -0.05) is 350 Å². The van der Waals surface area contributed by atoms with Crippen LogP contribution in [0.3, 0.4) is 0 Å². The highest BCUT2D eigenvalue weighted by atomic mass is 15.3. The molecule has 13 heteroatoms. The summed E-state index contributed by atoms with van der Waals surface area (Å²) in [5.41, 5.74) is -19.3. The van der Waals surface area contributed by atoms with Crippen molar-refractivity contribution in [2.45, 2.75) is 0 Å². The fourth-order valence-corrected chi connectivity index (χ4v) is 18.3. The lowest BCUT2D eigenvalue weighted by Crippen LogP contribution is -2.11. The van der Waals surface area contributed by atoms with Crippen LogP contribution >= 0.6 is 0 Å². The van der Waals surface area contributed by atoms with E-state index < -0.39 is 784 Å². The Morgan fingerprint density at radius 2 is 0.327 bits per heavy atom. The lowest BCUT2D eigenvalue weighted by molar-refractivity contribution is 0.892. The maximum Gasteiger partial charge on any atom is 0.240 e. The third-order valence-corrected chi connectivity index (χ3v) is 24.1. The van der Waals surface area contributed by atoms with Gasteiger partial charge in [0.05, 0.1) is 239 Å². The molecule has 13 nitrogen and oxygen atoms in total. The summed E-state index contributed by atoms with van der Waals surface area (Å²) >= 11 is 0. The van der Waals surface area contributed by atoms with Crippen molar-refractivity contribution in [3.63, 3.8) is 0 Å². The number of nitrogens with zero attached hydrogens (tertiary/aromatic N) is 13. The topological polar surface area (TPSA) is 95.9 Å². The van der Waals surface area contributed by atoms with E-state index in [1.165, 1.54) is 0 Å². The third kappa shape index (κ3) is 12.8. The minimum absolute atomic E-state index is 0.468. The first-order valence-electron chi connectivity index (χ1n) is 85.6. The second-order valence-corrected chi connectivity index (χ2v) is 31.6. The molecule has 11 heterocycles. The van der Waals surface area contributed by atoms with E-state index in [1.54, 1.807) is 0 Å². The fraction of sp³-hybridized carbons (Fsp3) is 0. The van der Waals surface area contributed by atoms with Crippen molar-refractivity contribution in [2.75, 3.05) is 0 Å². The molecule has 0 spiro atoms. The van der Waals surface area contributed by atoms with Gasteiger partial charge in [0.2, 0.25) is 11.9 Å². The molecule has 0 unspecified atom stereocenters. The van der Waals surface area contributed by atoms with Gasteiger partial charge in [-0.15, -0.1) is 0 Å². The van der Waals surface area contributed by atoms with Crippen LogP contribution in [0.1, 0.15) is 117 Å². The summed E-state index contributed by atoms with van der Waals surface area (Å²) in [4.78, 5) is 18.5. The largest absolute Gasteiger partial charge is 0.309 e. The van der Waals surface area contributed by atoms with Crippen molar-refractivity contribution >= 4 is 196 Å². The summed E-state index contributed by atoms with van der Waals surface area (Å²) in [6, 6.07) is -79.1. The molecule has 0 aliphatic carbocycles. The second kappa shape index (κ2) is 33.3. The van der Waals surface area contributed by atoms with Gasteiger partial charge in [0.25, 0.3) is 0 Å². The molecule has 0 atom stereocenters. The van der Waals surface area contributed by atoms with Crippen LogP contribution in [0.25, 0.3) is 271 Å². The average Bonchev–Trinajstić information content (AvgIpc) is 1.52. The highest BCUT2D eigenvalue weighted by Gasteiger charge is 2.29. The molecule has 21 aromatic carbocycles. The van der Waals surface area contributed by atoms with Crippen LogP contribution in [-0.4, -0.2) is 61.0 Å². The van der Waals surface area contributed by atoms with Crippen LogP contribution in [0, 0.1) is 0 Å². The van der Waals surface area contributed by atoms with E-state index in [-0.39, 0.29) is 0 Å². The van der Waals surface area contributed by atoms with E-state index in [2.05, 4.69) is 19.9 Å².